The molecule has 5 nitrogen and oxygen atoms in total. The van der Waals surface area contributed by atoms with E-state index in [0.717, 1.165) is 36.5 Å². The third-order valence-corrected chi connectivity index (χ3v) is 4.86. The Hall–Kier alpha value is -1.69. The van der Waals surface area contributed by atoms with Gasteiger partial charge in [-0.2, -0.15) is 0 Å². The molecule has 20 heavy (non-hydrogen) atoms. The van der Waals surface area contributed by atoms with E-state index in [1.165, 1.54) is 11.3 Å². The maximum atomic E-state index is 11.4. The number of carboxylic acids is 1. The fraction of sp³-hybridized carbons (Fsp3) is 0.500. The second kappa shape index (κ2) is 5.36. The molecule has 0 radical (unpaired) electrons. The molecule has 1 fully saturated rings. The van der Waals surface area contributed by atoms with E-state index in [0.29, 0.717) is 5.69 Å². The summed E-state index contributed by atoms with van der Waals surface area (Å²) in [4.78, 5) is 12.3. The molecule has 1 saturated carbocycles. The molecule has 106 valence electrons. The summed E-state index contributed by atoms with van der Waals surface area (Å²) in [6.45, 7) is 2.26. The van der Waals surface area contributed by atoms with Gasteiger partial charge in [0.1, 0.15) is 5.69 Å². The Bertz CT molecular complexity index is 598. The van der Waals surface area contributed by atoms with Crippen molar-refractivity contribution in [1.82, 2.24) is 15.0 Å². The minimum Gasteiger partial charge on any atom is -0.476 e. The first-order valence-electron chi connectivity index (χ1n) is 6.89. The smallest absolute Gasteiger partial charge is 0.358 e. The van der Waals surface area contributed by atoms with Crippen LogP contribution < -0.4 is 0 Å². The van der Waals surface area contributed by atoms with E-state index in [4.69, 9.17) is 0 Å². The van der Waals surface area contributed by atoms with Crippen LogP contribution in [0.15, 0.2) is 17.5 Å². The molecule has 1 aliphatic rings. The molecule has 1 aliphatic carbocycles. The Kier molecular flexibility index (Phi) is 3.56. The highest BCUT2D eigenvalue weighted by Gasteiger charge is 2.27. The van der Waals surface area contributed by atoms with Crippen molar-refractivity contribution in [2.45, 2.75) is 38.6 Å². The molecule has 0 amide bonds. The Labute approximate surface area is 121 Å². The van der Waals surface area contributed by atoms with Gasteiger partial charge in [-0.05, 0) is 43.0 Å². The molecule has 2 heterocycles. The van der Waals surface area contributed by atoms with E-state index in [9.17, 15) is 9.90 Å². The molecular weight excluding hydrogens is 274 g/mol. The average molecular weight is 291 g/mol. The van der Waals surface area contributed by atoms with Crippen LogP contribution in [-0.4, -0.2) is 26.1 Å². The zero-order valence-electron chi connectivity index (χ0n) is 11.3. The lowest BCUT2D eigenvalue weighted by Gasteiger charge is -2.27. The monoisotopic (exact) mass is 291 g/mol. The van der Waals surface area contributed by atoms with Crippen molar-refractivity contribution in [3.8, 4) is 10.6 Å². The van der Waals surface area contributed by atoms with Gasteiger partial charge < -0.3 is 5.11 Å². The first kappa shape index (κ1) is 13.3. The molecule has 0 atom stereocenters. The Balaban J connectivity index is 2.01. The van der Waals surface area contributed by atoms with Crippen molar-refractivity contribution in [2.24, 2.45) is 5.92 Å². The third-order valence-electron chi connectivity index (χ3n) is 3.98. The van der Waals surface area contributed by atoms with Gasteiger partial charge in [0, 0.05) is 0 Å². The number of rotatable bonds is 3. The Morgan fingerprint density at radius 1 is 1.40 bits per heavy atom. The highest BCUT2D eigenvalue weighted by atomic mass is 32.1. The van der Waals surface area contributed by atoms with Gasteiger partial charge in [0.25, 0.3) is 0 Å². The Morgan fingerprint density at radius 2 is 2.15 bits per heavy atom. The van der Waals surface area contributed by atoms with Crippen LogP contribution in [0.1, 0.15) is 49.1 Å². The lowest BCUT2D eigenvalue weighted by Crippen LogP contribution is -2.18. The summed E-state index contributed by atoms with van der Waals surface area (Å²) >= 11 is 1.53. The molecular formula is C14H17N3O2S. The second-order valence-electron chi connectivity index (χ2n) is 5.43. The van der Waals surface area contributed by atoms with Gasteiger partial charge in [-0.3, -0.25) is 0 Å². The van der Waals surface area contributed by atoms with Crippen molar-refractivity contribution < 1.29 is 9.90 Å². The quantitative estimate of drug-likeness (QED) is 0.940. The highest BCUT2D eigenvalue weighted by molar-refractivity contribution is 7.13. The van der Waals surface area contributed by atoms with Crippen LogP contribution in [0.2, 0.25) is 0 Å². The number of thiophene rings is 1. The molecule has 2 aromatic rings. The lowest BCUT2D eigenvalue weighted by atomic mass is 9.87. The summed E-state index contributed by atoms with van der Waals surface area (Å²) in [6, 6.07) is 4.12. The topological polar surface area (TPSA) is 68.0 Å². The first-order valence-corrected chi connectivity index (χ1v) is 7.77. The largest absolute Gasteiger partial charge is 0.476 e. The second-order valence-corrected chi connectivity index (χ2v) is 6.38. The van der Waals surface area contributed by atoms with E-state index in [-0.39, 0.29) is 11.7 Å². The molecule has 0 bridgehead atoms. The maximum absolute atomic E-state index is 11.4. The normalized spacial score (nSPS) is 22.9. The van der Waals surface area contributed by atoms with Crippen LogP contribution in [0.3, 0.4) is 0 Å². The molecule has 2 aromatic heterocycles. The van der Waals surface area contributed by atoms with E-state index in [1.807, 2.05) is 22.2 Å². The van der Waals surface area contributed by atoms with Crippen LogP contribution in [-0.2, 0) is 0 Å². The molecule has 3 rings (SSSR count). The average Bonchev–Trinajstić information content (AvgIpc) is 3.08. The van der Waals surface area contributed by atoms with E-state index < -0.39 is 5.97 Å². The predicted octanol–water partition coefficient (Wildman–Crippen LogP) is 3.46. The van der Waals surface area contributed by atoms with Crippen LogP contribution >= 0.6 is 11.3 Å². The van der Waals surface area contributed by atoms with Crippen molar-refractivity contribution in [2.75, 3.05) is 0 Å². The Morgan fingerprint density at radius 3 is 2.75 bits per heavy atom. The van der Waals surface area contributed by atoms with Gasteiger partial charge in [-0.25, -0.2) is 9.48 Å². The number of aromatic nitrogens is 3. The fourth-order valence-corrected chi connectivity index (χ4v) is 3.59. The zero-order chi connectivity index (χ0) is 14.1. The van der Waals surface area contributed by atoms with Gasteiger partial charge in [0.05, 0.1) is 10.9 Å². The molecule has 0 unspecified atom stereocenters. The van der Waals surface area contributed by atoms with Gasteiger partial charge in [-0.1, -0.05) is 18.2 Å². The van der Waals surface area contributed by atoms with Gasteiger partial charge >= 0.3 is 5.97 Å². The van der Waals surface area contributed by atoms with Crippen molar-refractivity contribution in [3.63, 3.8) is 0 Å². The summed E-state index contributed by atoms with van der Waals surface area (Å²) in [7, 11) is 0. The molecule has 0 saturated heterocycles. The first-order chi connectivity index (χ1) is 9.66. The van der Waals surface area contributed by atoms with E-state index in [1.54, 1.807) is 0 Å². The number of carboxylic acid groups (broad SMARTS) is 1. The minimum absolute atomic E-state index is 0.0612. The van der Waals surface area contributed by atoms with Crippen molar-refractivity contribution in [3.05, 3.63) is 23.2 Å². The molecule has 1 N–H and O–H groups in total. The third kappa shape index (κ3) is 2.35. The van der Waals surface area contributed by atoms with Gasteiger partial charge in [0.15, 0.2) is 5.69 Å². The summed E-state index contributed by atoms with van der Waals surface area (Å²) in [5.41, 5.74) is 0.720. The standard InChI is InChI=1S/C14H17N3O2S/c1-9-4-6-10(7-5-9)17-13(11-3-2-8-20-11)12(14(18)19)15-16-17/h2-3,8-10H,4-7H2,1H3,(H,18,19). The number of aromatic carboxylic acids is 1. The summed E-state index contributed by atoms with van der Waals surface area (Å²) in [5, 5.41) is 19.3. The number of hydrogen-bond donors (Lipinski definition) is 1. The van der Waals surface area contributed by atoms with E-state index >= 15 is 0 Å². The van der Waals surface area contributed by atoms with E-state index in [2.05, 4.69) is 17.2 Å². The number of hydrogen-bond acceptors (Lipinski definition) is 4. The molecule has 0 aromatic carbocycles. The molecule has 0 aliphatic heterocycles. The lowest BCUT2D eigenvalue weighted by molar-refractivity contribution is 0.0691. The SMILES string of the molecule is CC1CCC(n2nnc(C(=O)O)c2-c2cccs2)CC1. The minimum atomic E-state index is -1.01. The zero-order valence-corrected chi connectivity index (χ0v) is 12.1. The van der Waals surface area contributed by atoms with Gasteiger partial charge in [0.2, 0.25) is 0 Å². The molecule has 6 heteroatoms. The van der Waals surface area contributed by atoms with Crippen LogP contribution in [0.4, 0.5) is 0 Å². The van der Waals surface area contributed by atoms with Crippen molar-refractivity contribution in [1.29, 1.82) is 0 Å². The fourth-order valence-electron chi connectivity index (χ4n) is 2.82. The highest BCUT2D eigenvalue weighted by Crippen LogP contribution is 2.36. The predicted molar refractivity (Wildman–Crippen MR) is 77.0 cm³/mol. The van der Waals surface area contributed by atoms with Crippen LogP contribution in [0, 0.1) is 5.92 Å². The maximum Gasteiger partial charge on any atom is 0.358 e. The summed E-state index contributed by atoms with van der Waals surface area (Å²) in [6.07, 6.45) is 4.41. The van der Waals surface area contributed by atoms with Crippen molar-refractivity contribution >= 4 is 17.3 Å². The number of carbonyl (C=O) groups is 1. The number of nitrogens with zero attached hydrogens (tertiary/aromatic N) is 3. The summed E-state index contributed by atoms with van der Waals surface area (Å²) in [5.74, 6) is -0.261. The van der Waals surface area contributed by atoms with Gasteiger partial charge in [-0.15, -0.1) is 16.4 Å². The van der Waals surface area contributed by atoms with Crippen LogP contribution in [0.5, 0.6) is 0 Å². The summed E-state index contributed by atoms with van der Waals surface area (Å²) < 4.78 is 1.83. The molecule has 0 spiro atoms. The van der Waals surface area contributed by atoms with Crippen LogP contribution in [0.25, 0.3) is 10.6 Å².